The van der Waals surface area contributed by atoms with Crippen molar-refractivity contribution in [1.82, 2.24) is 0 Å². The van der Waals surface area contributed by atoms with Gasteiger partial charge in [-0.05, 0) is 91.2 Å². The van der Waals surface area contributed by atoms with Crippen LogP contribution in [0.2, 0.25) is 54.4 Å². The molecular formula is C40H70O4Si3. The Hall–Kier alpha value is -1.46. The van der Waals surface area contributed by atoms with E-state index in [0.717, 1.165) is 61.4 Å². The topological polar surface area (TPSA) is 44.8 Å². The first kappa shape index (κ1) is 43.6. The van der Waals surface area contributed by atoms with Crippen LogP contribution in [0.4, 0.5) is 0 Å². The maximum Gasteiger partial charge on any atom is 0.208 e. The molecule has 4 nitrogen and oxygen atoms in total. The molecule has 0 aliphatic rings. The lowest BCUT2D eigenvalue weighted by atomic mass is 9.99. The van der Waals surface area contributed by atoms with E-state index in [0.29, 0.717) is 6.42 Å². The lowest BCUT2D eigenvalue weighted by molar-refractivity contribution is -0.115. The van der Waals surface area contributed by atoms with Gasteiger partial charge in [-0.2, -0.15) is 0 Å². The zero-order valence-electron chi connectivity index (χ0n) is 32.8. The molecule has 0 aliphatic heterocycles. The van der Waals surface area contributed by atoms with Gasteiger partial charge in [-0.3, -0.25) is 4.79 Å². The van der Waals surface area contributed by atoms with Gasteiger partial charge in [0.25, 0.3) is 0 Å². The first-order valence-electron chi connectivity index (χ1n) is 18.3. The molecule has 0 fully saturated rings. The summed E-state index contributed by atoms with van der Waals surface area (Å²) in [5.74, 6) is 8.92. The number of carbonyl (C=O) groups excluding carboxylic acids is 1. The van der Waals surface area contributed by atoms with Gasteiger partial charge in [-0.1, -0.05) is 105 Å². The van der Waals surface area contributed by atoms with Crippen molar-refractivity contribution in [1.29, 1.82) is 0 Å². The van der Waals surface area contributed by atoms with E-state index in [1.54, 1.807) is 0 Å². The summed E-state index contributed by atoms with van der Waals surface area (Å²) < 4.78 is 20.3. The van der Waals surface area contributed by atoms with Gasteiger partial charge >= 0.3 is 0 Å². The second-order valence-corrected chi connectivity index (χ2v) is 30.7. The fraction of sp³-hybridized carbons (Fsp3) is 0.725. The SMILES string of the molecule is C#CC[C@H](O[Si](C)(C)C(C)(C)C)c1cccc([C@@H](CC(=O)C#CCCCCC[C@@H](C)O[Si](C)(C)C(C)(C)C)O[Si](CC)(CC)CC)c1. The Morgan fingerprint density at radius 3 is 1.85 bits per heavy atom. The number of rotatable bonds is 19. The molecule has 1 aromatic carbocycles. The number of hydrogen-bond donors (Lipinski definition) is 0. The molecule has 1 rings (SSSR count). The summed E-state index contributed by atoms with van der Waals surface area (Å²) in [5.41, 5.74) is 2.07. The molecule has 47 heavy (non-hydrogen) atoms. The van der Waals surface area contributed by atoms with E-state index in [2.05, 4.69) is 137 Å². The Balaban J connectivity index is 3.03. The van der Waals surface area contributed by atoms with Gasteiger partial charge in [0.15, 0.2) is 25.0 Å². The average Bonchev–Trinajstić information content (AvgIpc) is 2.97. The molecular weight excluding hydrogens is 629 g/mol. The minimum Gasteiger partial charge on any atom is -0.414 e. The van der Waals surface area contributed by atoms with E-state index < -0.39 is 25.0 Å². The highest BCUT2D eigenvalue weighted by Gasteiger charge is 2.40. The fourth-order valence-electron chi connectivity index (χ4n) is 5.30. The van der Waals surface area contributed by atoms with E-state index in [1.165, 1.54) is 0 Å². The van der Waals surface area contributed by atoms with Crippen LogP contribution in [0.1, 0.15) is 138 Å². The number of carbonyl (C=O) groups is 1. The van der Waals surface area contributed by atoms with Gasteiger partial charge in [0.05, 0.1) is 12.2 Å². The first-order chi connectivity index (χ1) is 21.7. The van der Waals surface area contributed by atoms with Crippen molar-refractivity contribution in [3.05, 3.63) is 35.4 Å². The molecule has 1 aromatic rings. The predicted molar refractivity (Wildman–Crippen MR) is 210 cm³/mol. The maximum atomic E-state index is 13.3. The normalized spacial score (nSPS) is 14.9. The van der Waals surface area contributed by atoms with Crippen LogP contribution in [-0.2, 0) is 18.1 Å². The lowest BCUT2D eigenvalue weighted by Crippen LogP contribution is -2.43. The molecule has 0 bridgehead atoms. The summed E-state index contributed by atoms with van der Waals surface area (Å²) in [4.78, 5) is 13.3. The summed E-state index contributed by atoms with van der Waals surface area (Å²) in [6, 6.07) is 11.5. The number of unbranched alkanes of at least 4 members (excludes halogenated alkanes) is 3. The molecule has 0 heterocycles. The summed E-state index contributed by atoms with van der Waals surface area (Å²) >= 11 is 0. The number of terminal acetylenes is 1. The molecule has 7 heteroatoms. The minimum absolute atomic E-state index is 0.0549. The monoisotopic (exact) mass is 698 g/mol. The van der Waals surface area contributed by atoms with Gasteiger partial charge in [-0.15, -0.1) is 12.3 Å². The van der Waals surface area contributed by atoms with E-state index >= 15 is 0 Å². The third kappa shape index (κ3) is 14.1. The second-order valence-electron chi connectivity index (χ2n) is 16.5. The summed E-state index contributed by atoms with van der Waals surface area (Å²) in [6.07, 6.45) is 11.4. The number of Topliss-reactive ketones (excluding diaryl/α,β-unsaturated/α-hetero) is 1. The fourth-order valence-corrected chi connectivity index (χ4v) is 10.9. The van der Waals surface area contributed by atoms with Crippen molar-refractivity contribution < 1.29 is 18.1 Å². The van der Waals surface area contributed by atoms with Crippen molar-refractivity contribution in [3.8, 4) is 24.2 Å². The maximum absolute atomic E-state index is 13.3. The molecule has 266 valence electrons. The minimum atomic E-state index is -2.06. The Kier molecular flexibility index (Phi) is 17.7. The summed E-state index contributed by atoms with van der Waals surface area (Å²) in [7, 11) is -5.80. The Morgan fingerprint density at radius 1 is 0.809 bits per heavy atom. The van der Waals surface area contributed by atoms with Gasteiger partial charge in [0.2, 0.25) is 5.78 Å². The highest BCUT2D eigenvalue weighted by Crippen LogP contribution is 2.41. The molecule has 0 aromatic heterocycles. The van der Waals surface area contributed by atoms with Gasteiger partial charge in [-0.25, -0.2) is 0 Å². The van der Waals surface area contributed by atoms with Crippen LogP contribution >= 0.6 is 0 Å². The van der Waals surface area contributed by atoms with Crippen molar-refractivity contribution >= 4 is 30.7 Å². The number of hydrogen-bond acceptors (Lipinski definition) is 4. The molecule has 0 amide bonds. The largest absolute Gasteiger partial charge is 0.414 e. The van der Waals surface area contributed by atoms with E-state index in [9.17, 15) is 4.79 Å². The zero-order chi connectivity index (χ0) is 36.1. The Morgan fingerprint density at radius 2 is 1.34 bits per heavy atom. The summed E-state index contributed by atoms with van der Waals surface area (Å²) in [6.45, 7) is 31.6. The van der Waals surface area contributed by atoms with Gasteiger partial charge in [0.1, 0.15) is 0 Å². The quantitative estimate of drug-likeness (QED) is 0.0624. The van der Waals surface area contributed by atoms with E-state index in [-0.39, 0.29) is 40.6 Å². The highest BCUT2D eigenvalue weighted by atomic mass is 28.4. The third-order valence-corrected chi connectivity index (χ3v) is 24.6. The van der Waals surface area contributed by atoms with Crippen LogP contribution in [-0.4, -0.2) is 36.8 Å². The first-order valence-corrected chi connectivity index (χ1v) is 26.6. The van der Waals surface area contributed by atoms with Crippen molar-refractivity contribution in [3.63, 3.8) is 0 Å². The molecule has 0 spiro atoms. The standard InChI is InChI=1S/C40H70O4Si3/c1-16-26-37(43-46(14,15)40(9,10)11)34-28-25-29-35(31-34)38(44-47(17-2,18-3)19-4)32-36(41)30-24-22-20-21-23-27-33(5)42-45(12,13)39(6,7)8/h1,25,28-29,31,33,37-38H,17-23,26-27,32H2,2-15H3/t33-,37+,38-/m1/s1. The highest BCUT2D eigenvalue weighted by molar-refractivity contribution is 6.74. The molecule has 0 unspecified atom stereocenters. The molecule has 3 atom stereocenters. The third-order valence-electron chi connectivity index (χ3n) is 10.8. The average molecular weight is 699 g/mol. The van der Waals surface area contributed by atoms with Crippen LogP contribution < -0.4 is 0 Å². The van der Waals surface area contributed by atoms with Crippen LogP contribution in [0.3, 0.4) is 0 Å². The molecule has 0 saturated heterocycles. The van der Waals surface area contributed by atoms with Gasteiger partial charge in [0, 0.05) is 25.4 Å². The van der Waals surface area contributed by atoms with Crippen molar-refractivity contribution in [2.24, 2.45) is 0 Å². The second kappa shape index (κ2) is 19.1. The summed E-state index contributed by atoms with van der Waals surface area (Å²) in [5, 5.41) is 0.299. The smallest absolute Gasteiger partial charge is 0.208 e. The molecule has 0 radical (unpaired) electrons. The van der Waals surface area contributed by atoms with Crippen LogP contribution in [0.15, 0.2) is 24.3 Å². The van der Waals surface area contributed by atoms with Crippen molar-refractivity contribution in [2.75, 3.05) is 0 Å². The van der Waals surface area contributed by atoms with Crippen LogP contribution in [0, 0.1) is 24.2 Å². The zero-order valence-corrected chi connectivity index (χ0v) is 35.8. The lowest BCUT2D eigenvalue weighted by Gasteiger charge is -2.39. The van der Waals surface area contributed by atoms with Gasteiger partial charge < -0.3 is 13.3 Å². The van der Waals surface area contributed by atoms with E-state index in [4.69, 9.17) is 19.7 Å². The number of benzene rings is 1. The number of ketones is 1. The molecule has 0 aliphatic carbocycles. The van der Waals surface area contributed by atoms with Crippen LogP contribution in [0.25, 0.3) is 0 Å². The Labute approximate surface area is 294 Å². The van der Waals surface area contributed by atoms with Crippen molar-refractivity contribution in [2.45, 2.75) is 187 Å². The van der Waals surface area contributed by atoms with Crippen LogP contribution in [0.5, 0.6) is 0 Å². The predicted octanol–water partition coefficient (Wildman–Crippen LogP) is 12.2. The molecule has 0 saturated carbocycles. The van der Waals surface area contributed by atoms with E-state index in [1.807, 2.05) is 0 Å². The molecule has 0 N–H and O–H groups in total. The Bertz CT molecular complexity index is 1190.